The van der Waals surface area contributed by atoms with Crippen molar-refractivity contribution >= 4 is 17.2 Å². The van der Waals surface area contributed by atoms with E-state index in [1.807, 2.05) is 12.4 Å². The first-order valence-electron chi connectivity index (χ1n) is 6.22. The van der Waals surface area contributed by atoms with Crippen molar-refractivity contribution in [3.05, 3.63) is 16.1 Å². The zero-order valence-corrected chi connectivity index (χ0v) is 11.4. The Morgan fingerprint density at radius 1 is 1.72 bits per heavy atom. The molecule has 1 aromatic heterocycles. The Bertz CT molecular complexity index is 386. The Morgan fingerprint density at radius 2 is 2.61 bits per heavy atom. The molecule has 2 heterocycles. The lowest BCUT2D eigenvalue weighted by Crippen LogP contribution is -2.38. The molecule has 1 unspecified atom stereocenters. The molecule has 0 aromatic carbocycles. The van der Waals surface area contributed by atoms with Crippen molar-refractivity contribution in [3.8, 4) is 0 Å². The SMILES string of the molecule is Cc1ncsc1CCNC(=O)C1CNCCOC1. The predicted molar refractivity (Wildman–Crippen MR) is 70.7 cm³/mol. The number of amides is 1. The second-order valence-electron chi connectivity index (χ2n) is 4.38. The van der Waals surface area contributed by atoms with Crippen LogP contribution in [-0.2, 0) is 16.0 Å². The molecule has 2 rings (SSSR count). The molecule has 18 heavy (non-hydrogen) atoms. The minimum absolute atomic E-state index is 0.0740. The summed E-state index contributed by atoms with van der Waals surface area (Å²) in [5.41, 5.74) is 2.91. The van der Waals surface area contributed by atoms with Crippen LogP contribution in [0.15, 0.2) is 5.51 Å². The van der Waals surface area contributed by atoms with E-state index < -0.39 is 0 Å². The van der Waals surface area contributed by atoms with Gasteiger partial charge in [-0.1, -0.05) is 0 Å². The highest BCUT2D eigenvalue weighted by Crippen LogP contribution is 2.12. The number of hydrogen-bond donors (Lipinski definition) is 2. The van der Waals surface area contributed by atoms with Gasteiger partial charge in [0.2, 0.25) is 5.91 Å². The number of nitrogens with zero attached hydrogens (tertiary/aromatic N) is 1. The highest BCUT2D eigenvalue weighted by atomic mass is 32.1. The summed E-state index contributed by atoms with van der Waals surface area (Å²) >= 11 is 1.64. The molecular weight excluding hydrogens is 250 g/mol. The van der Waals surface area contributed by atoms with Crippen molar-refractivity contribution in [2.75, 3.05) is 32.8 Å². The monoisotopic (exact) mass is 269 g/mol. The third-order valence-electron chi connectivity index (χ3n) is 3.00. The molecule has 0 spiro atoms. The van der Waals surface area contributed by atoms with E-state index in [2.05, 4.69) is 15.6 Å². The fraction of sp³-hybridized carbons (Fsp3) is 0.667. The highest BCUT2D eigenvalue weighted by molar-refractivity contribution is 7.09. The standard InChI is InChI=1S/C12H19N3O2S/c1-9-11(18-8-15-9)2-3-14-12(16)10-6-13-4-5-17-7-10/h8,10,13H,2-7H2,1H3,(H,14,16). The molecule has 1 amide bonds. The number of carbonyl (C=O) groups excluding carboxylic acids is 1. The van der Waals surface area contributed by atoms with Crippen LogP contribution >= 0.6 is 11.3 Å². The number of nitrogens with one attached hydrogen (secondary N) is 2. The minimum atomic E-state index is -0.0740. The number of carbonyl (C=O) groups is 1. The summed E-state index contributed by atoms with van der Waals surface area (Å²) in [4.78, 5) is 17.4. The number of aromatic nitrogens is 1. The van der Waals surface area contributed by atoms with Crippen LogP contribution in [0.5, 0.6) is 0 Å². The van der Waals surface area contributed by atoms with Crippen molar-refractivity contribution in [2.24, 2.45) is 5.92 Å². The van der Waals surface area contributed by atoms with E-state index in [0.717, 1.165) is 18.7 Å². The zero-order valence-electron chi connectivity index (χ0n) is 10.6. The fourth-order valence-corrected chi connectivity index (χ4v) is 2.66. The van der Waals surface area contributed by atoms with Gasteiger partial charge in [0.15, 0.2) is 0 Å². The van der Waals surface area contributed by atoms with E-state index >= 15 is 0 Å². The van der Waals surface area contributed by atoms with E-state index in [-0.39, 0.29) is 11.8 Å². The summed E-state index contributed by atoms with van der Waals surface area (Å²) in [5.74, 6) is 0.00151. The van der Waals surface area contributed by atoms with Gasteiger partial charge in [0.05, 0.1) is 30.3 Å². The number of aryl methyl sites for hydroxylation is 1. The van der Waals surface area contributed by atoms with Gasteiger partial charge in [0, 0.05) is 30.9 Å². The van der Waals surface area contributed by atoms with Crippen LogP contribution in [0.25, 0.3) is 0 Å². The molecule has 100 valence electrons. The molecule has 6 heteroatoms. The van der Waals surface area contributed by atoms with Crippen LogP contribution < -0.4 is 10.6 Å². The van der Waals surface area contributed by atoms with E-state index in [4.69, 9.17) is 4.74 Å². The Morgan fingerprint density at radius 3 is 3.39 bits per heavy atom. The summed E-state index contributed by atoms with van der Waals surface area (Å²) in [6, 6.07) is 0. The Kier molecular flexibility index (Phi) is 5.10. The largest absolute Gasteiger partial charge is 0.379 e. The highest BCUT2D eigenvalue weighted by Gasteiger charge is 2.19. The van der Waals surface area contributed by atoms with Crippen LogP contribution in [-0.4, -0.2) is 43.7 Å². The number of ether oxygens (including phenoxy) is 1. The first-order valence-corrected chi connectivity index (χ1v) is 7.10. The van der Waals surface area contributed by atoms with Crippen molar-refractivity contribution in [2.45, 2.75) is 13.3 Å². The first-order chi connectivity index (χ1) is 8.77. The average molecular weight is 269 g/mol. The van der Waals surface area contributed by atoms with Crippen LogP contribution in [0.3, 0.4) is 0 Å². The zero-order chi connectivity index (χ0) is 12.8. The molecule has 1 atom stereocenters. The van der Waals surface area contributed by atoms with Crippen LogP contribution in [0.1, 0.15) is 10.6 Å². The summed E-state index contributed by atoms with van der Waals surface area (Å²) in [6.07, 6.45) is 0.850. The van der Waals surface area contributed by atoms with Crippen LogP contribution in [0.4, 0.5) is 0 Å². The smallest absolute Gasteiger partial charge is 0.226 e. The Balaban J connectivity index is 1.72. The molecule has 5 nitrogen and oxygen atoms in total. The minimum Gasteiger partial charge on any atom is -0.379 e. The third-order valence-corrected chi connectivity index (χ3v) is 3.99. The summed E-state index contributed by atoms with van der Waals surface area (Å²) in [6.45, 7) is 5.38. The van der Waals surface area contributed by atoms with Gasteiger partial charge in [-0.3, -0.25) is 4.79 Å². The van der Waals surface area contributed by atoms with Crippen molar-refractivity contribution in [3.63, 3.8) is 0 Å². The molecule has 2 N–H and O–H groups in total. The second kappa shape index (κ2) is 6.82. The molecule has 1 aromatic rings. The summed E-state index contributed by atoms with van der Waals surface area (Å²) in [5, 5.41) is 6.16. The molecule has 0 saturated carbocycles. The van der Waals surface area contributed by atoms with E-state index in [1.54, 1.807) is 11.3 Å². The summed E-state index contributed by atoms with van der Waals surface area (Å²) < 4.78 is 5.37. The predicted octanol–water partition coefficient (Wildman–Crippen LogP) is 0.346. The van der Waals surface area contributed by atoms with E-state index in [0.29, 0.717) is 26.3 Å². The maximum absolute atomic E-state index is 11.9. The molecule has 1 aliphatic rings. The molecular formula is C12H19N3O2S. The van der Waals surface area contributed by atoms with Gasteiger partial charge in [-0.25, -0.2) is 4.98 Å². The maximum atomic E-state index is 11.9. The number of thiazole rings is 1. The molecule has 0 aliphatic carbocycles. The Hall–Kier alpha value is -0.980. The van der Waals surface area contributed by atoms with Crippen molar-refractivity contribution in [1.29, 1.82) is 0 Å². The van der Waals surface area contributed by atoms with Gasteiger partial charge in [-0.15, -0.1) is 11.3 Å². The normalized spacial score (nSPS) is 20.4. The van der Waals surface area contributed by atoms with Crippen molar-refractivity contribution in [1.82, 2.24) is 15.6 Å². The van der Waals surface area contributed by atoms with Gasteiger partial charge in [-0.05, 0) is 6.92 Å². The molecule has 1 saturated heterocycles. The lowest BCUT2D eigenvalue weighted by Gasteiger charge is -2.13. The lowest BCUT2D eigenvalue weighted by molar-refractivity contribution is -0.126. The second-order valence-corrected chi connectivity index (χ2v) is 5.32. The quantitative estimate of drug-likeness (QED) is 0.828. The van der Waals surface area contributed by atoms with E-state index in [9.17, 15) is 4.79 Å². The van der Waals surface area contributed by atoms with Crippen LogP contribution in [0.2, 0.25) is 0 Å². The van der Waals surface area contributed by atoms with Gasteiger partial charge in [-0.2, -0.15) is 0 Å². The topological polar surface area (TPSA) is 63.2 Å². The number of rotatable bonds is 4. The average Bonchev–Trinajstić information content (AvgIpc) is 2.64. The van der Waals surface area contributed by atoms with Gasteiger partial charge in [0.1, 0.15) is 0 Å². The first kappa shape index (κ1) is 13.5. The van der Waals surface area contributed by atoms with Gasteiger partial charge < -0.3 is 15.4 Å². The van der Waals surface area contributed by atoms with E-state index in [1.165, 1.54) is 4.88 Å². The molecule has 1 aliphatic heterocycles. The fourth-order valence-electron chi connectivity index (χ4n) is 1.88. The Labute approximate surface area is 111 Å². The lowest BCUT2D eigenvalue weighted by atomic mass is 10.1. The molecule has 0 bridgehead atoms. The maximum Gasteiger partial charge on any atom is 0.226 e. The molecule has 1 fully saturated rings. The van der Waals surface area contributed by atoms with Gasteiger partial charge in [0.25, 0.3) is 0 Å². The summed E-state index contributed by atoms with van der Waals surface area (Å²) in [7, 11) is 0. The molecule has 0 radical (unpaired) electrons. The van der Waals surface area contributed by atoms with Crippen LogP contribution in [0, 0.1) is 12.8 Å². The van der Waals surface area contributed by atoms with Crippen molar-refractivity contribution < 1.29 is 9.53 Å². The van der Waals surface area contributed by atoms with Gasteiger partial charge >= 0.3 is 0 Å². The third kappa shape index (κ3) is 3.76. The number of hydrogen-bond acceptors (Lipinski definition) is 5.